The van der Waals surface area contributed by atoms with Gasteiger partial charge in [-0.1, -0.05) is 42.5 Å². The second-order valence-corrected chi connectivity index (χ2v) is 5.40. The number of amides is 1. The number of carbonyl (C=O) groups is 1. The van der Waals surface area contributed by atoms with E-state index >= 15 is 0 Å². The molecule has 1 atom stereocenters. The number of piperidine rings is 1. The van der Waals surface area contributed by atoms with E-state index in [-0.39, 0.29) is 11.8 Å². The number of hydrogen-bond acceptors (Lipinski definition) is 2. The van der Waals surface area contributed by atoms with Gasteiger partial charge in [0.15, 0.2) is 0 Å². The van der Waals surface area contributed by atoms with Gasteiger partial charge < -0.3 is 10.6 Å². The Bertz CT molecular complexity index is 597. The maximum atomic E-state index is 12.2. The minimum Gasteiger partial charge on any atom is -0.352 e. The molecule has 1 amide bonds. The fourth-order valence-electron chi connectivity index (χ4n) is 2.85. The molecule has 3 rings (SSSR count). The summed E-state index contributed by atoms with van der Waals surface area (Å²) in [4.78, 5) is 12.2. The summed E-state index contributed by atoms with van der Waals surface area (Å²) in [5, 5.41) is 8.80. The smallest absolute Gasteiger partial charge is 0.224 e. The Kier molecular flexibility index (Phi) is 3.97. The van der Waals surface area contributed by atoms with Crippen LogP contribution < -0.4 is 10.6 Å². The van der Waals surface area contributed by atoms with Crippen LogP contribution in [0.4, 0.5) is 0 Å². The largest absolute Gasteiger partial charge is 0.352 e. The van der Waals surface area contributed by atoms with Crippen molar-refractivity contribution in [2.75, 3.05) is 13.1 Å². The highest BCUT2D eigenvalue weighted by molar-refractivity contribution is 5.86. The first-order chi connectivity index (χ1) is 9.84. The Hall–Kier alpha value is -1.87. The molecule has 2 N–H and O–H groups in total. The number of benzene rings is 2. The lowest BCUT2D eigenvalue weighted by Crippen LogP contribution is -2.40. The SMILES string of the molecule is O=C(NCc1cccc2ccccc12)[C@H]1CCCNC1. The van der Waals surface area contributed by atoms with Gasteiger partial charge >= 0.3 is 0 Å². The van der Waals surface area contributed by atoms with Gasteiger partial charge in [0.1, 0.15) is 0 Å². The lowest BCUT2D eigenvalue weighted by molar-refractivity contribution is -0.125. The van der Waals surface area contributed by atoms with Gasteiger partial charge in [0.05, 0.1) is 5.92 Å². The molecule has 1 heterocycles. The predicted octanol–water partition coefficient (Wildman–Crippen LogP) is 2.46. The number of rotatable bonds is 3. The van der Waals surface area contributed by atoms with Crippen LogP contribution in [0.25, 0.3) is 10.8 Å². The zero-order chi connectivity index (χ0) is 13.8. The summed E-state index contributed by atoms with van der Waals surface area (Å²) in [6.07, 6.45) is 2.08. The first-order valence-electron chi connectivity index (χ1n) is 7.29. The lowest BCUT2D eigenvalue weighted by atomic mass is 9.98. The maximum absolute atomic E-state index is 12.2. The molecular weight excluding hydrogens is 248 g/mol. The van der Waals surface area contributed by atoms with Crippen LogP contribution in [-0.4, -0.2) is 19.0 Å². The van der Waals surface area contributed by atoms with E-state index in [9.17, 15) is 4.79 Å². The van der Waals surface area contributed by atoms with Crippen molar-refractivity contribution in [3.63, 3.8) is 0 Å². The van der Waals surface area contributed by atoms with E-state index in [4.69, 9.17) is 0 Å². The predicted molar refractivity (Wildman–Crippen MR) is 81.4 cm³/mol. The van der Waals surface area contributed by atoms with Crippen LogP contribution in [0, 0.1) is 5.92 Å². The van der Waals surface area contributed by atoms with Crippen molar-refractivity contribution in [3.8, 4) is 0 Å². The third-order valence-corrected chi connectivity index (χ3v) is 4.00. The van der Waals surface area contributed by atoms with Crippen molar-refractivity contribution in [3.05, 3.63) is 48.0 Å². The van der Waals surface area contributed by atoms with Crippen molar-refractivity contribution < 1.29 is 4.79 Å². The molecule has 1 fully saturated rings. The molecular formula is C17H20N2O. The van der Waals surface area contributed by atoms with Gasteiger partial charge in [-0.3, -0.25) is 4.79 Å². The Balaban J connectivity index is 1.69. The molecule has 1 saturated heterocycles. The Morgan fingerprint density at radius 1 is 1.20 bits per heavy atom. The van der Waals surface area contributed by atoms with Gasteiger partial charge in [0.2, 0.25) is 5.91 Å². The summed E-state index contributed by atoms with van der Waals surface area (Å²) < 4.78 is 0. The highest BCUT2D eigenvalue weighted by Gasteiger charge is 2.20. The average molecular weight is 268 g/mol. The molecule has 0 bridgehead atoms. The molecule has 0 aliphatic carbocycles. The van der Waals surface area contributed by atoms with E-state index in [2.05, 4.69) is 34.9 Å². The lowest BCUT2D eigenvalue weighted by Gasteiger charge is -2.22. The van der Waals surface area contributed by atoms with Crippen LogP contribution in [0.1, 0.15) is 18.4 Å². The summed E-state index contributed by atoms with van der Waals surface area (Å²) in [5.74, 6) is 0.295. The molecule has 104 valence electrons. The highest BCUT2D eigenvalue weighted by Crippen LogP contribution is 2.18. The fraction of sp³-hybridized carbons (Fsp3) is 0.353. The standard InChI is InChI=1S/C17H20N2O/c20-17(15-8-4-10-18-11-15)19-12-14-7-3-6-13-5-1-2-9-16(13)14/h1-3,5-7,9,15,18H,4,8,10-12H2,(H,19,20)/t15-/m0/s1. The van der Waals surface area contributed by atoms with Gasteiger partial charge in [-0.05, 0) is 35.7 Å². The molecule has 2 aromatic rings. The van der Waals surface area contributed by atoms with E-state index in [0.29, 0.717) is 6.54 Å². The second kappa shape index (κ2) is 6.06. The fourth-order valence-corrected chi connectivity index (χ4v) is 2.85. The van der Waals surface area contributed by atoms with Crippen LogP contribution in [-0.2, 0) is 11.3 Å². The van der Waals surface area contributed by atoms with Gasteiger partial charge in [0, 0.05) is 13.1 Å². The number of carbonyl (C=O) groups excluding carboxylic acids is 1. The molecule has 1 aliphatic heterocycles. The third-order valence-electron chi connectivity index (χ3n) is 4.00. The van der Waals surface area contributed by atoms with Gasteiger partial charge in [0.25, 0.3) is 0 Å². The molecule has 1 aliphatic rings. The average Bonchev–Trinajstić information content (AvgIpc) is 2.53. The summed E-state index contributed by atoms with van der Waals surface area (Å²) >= 11 is 0. The summed E-state index contributed by atoms with van der Waals surface area (Å²) in [6.45, 7) is 2.45. The molecule has 0 spiro atoms. The van der Waals surface area contributed by atoms with E-state index in [1.807, 2.05) is 18.2 Å². The first-order valence-corrected chi connectivity index (χ1v) is 7.29. The van der Waals surface area contributed by atoms with Crippen molar-refractivity contribution in [1.82, 2.24) is 10.6 Å². The van der Waals surface area contributed by atoms with Crippen molar-refractivity contribution in [1.29, 1.82) is 0 Å². The maximum Gasteiger partial charge on any atom is 0.224 e. The van der Waals surface area contributed by atoms with Gasteiger partial charge in [-0.2, -0.15) is 0 Å². The minimum atomic E-state index is 0.124. The Morgan fingerprint density at radius 2 is 2.05 bits per heavy atom. The van der Waals surface area contributed by atoms with Crippen LogP contribution in [0.15, 0.2) is 42.5 Å². The zero-order valence-electron chi connectivity index (χ0n) is 11.6. The first kappa shape index (κ1) is 13.1. The van der Waals surface area contributed by atoms with Crippen LogP contribution in [0.3, 0.4) is 0 Å². The number of hydrogen-bond donors (Lipinski definition) is 2. The molecule has 3 nitrogen and oxygen atoms in total. The van der Waals surface area contributed by atoms with Gasteiger partial charge in [-0.25, -0.2) is 0 Å². The molecule has 0 radical (unpaired) electrons. The summed E-state index contributed by atoms with van der Waals surface area (Å²) in [5.41, 5.74) is 1.18. The zero-order valence-corrected chi connectivity index (χ0v) is 11.6. The Morgan fingerprint density at radius 3 is 2.90 bits per heavy atom. The molecule has 2 aromatic carbocycles. The second-order valence-electron chi connectivity index (χ2n) is 5.40. The number of fused-ring (bicyclic) bond motifs is 1. The molecule has 20 heavy (non-hydrogen) atoms. The van der Waals surface area contributed by atoms with Crippen molar-refractivity contribution in [2.45, 2.75) is 19.4 Å². The van der Waals surface area contributed by atoms with E-state index in [0.717, 1.165) is 25.9 Å². The van der Waals surface area contributed by atoms with E-state index in [1.54, 1.807) is 0 Å². The number of nitrogens with one attached hydrogen (secondary N) is 2. The van der Waals surface area contributed by atoms with Crippen LogP contribution in [0.2, 0.25) is 0 Å². The molecule has 0 aromatic heterocycles. The highest BCUT2D eigenvalue weighted by atomic mass is 16.1. The molecule has 0 saturated carbocycles. The molecule has 0 unspecified atom stereocenters. The summed E-state index contributed by atoms with van der Waals surface area (Å²) in [6, 6.07) is 14.5. The van der Waals surface area contributed by atoms with E-state index in [1.165, 1.54) is 16.3 Å². The van der Waals surface area contributed by atoms with Crippen LogP contribution >= 0.6 is 0 Å². The minimum absolute atomic E-state index is 0.124. The molecule has 3 heteroatoms. The van der Waals surface area contributed by atoms with Gasteiger partial charge in [-0.15, -0.1) is 0 Å². The van der Waals surface area contributed by atoms with Crippen LogP contribution in [0.5, 0.6) is 0 Å². The normalized spacial score (nSPS) is 18.9. The quantitative estimate of drug-likeness (QED) is 0.898. The van der Waals surface area contributed by atoms with Crippen molar-refractivity contribution in [2.24, 2.45) is 5.92 Å². The van der Waals surface area contributed by atoms with E-state index < -0.39 is 0 Å². The Labute approximate surface area is 119 Å². The third kappa shape index (κ3) is 2.83. The summed E-state index contributed by atoms with van der Waals surface area (Å²) in [7, 11) is 0. The topological polar surface area (TPSA) is 41.1 Å². The monoisotopic (exact) mass is 268 g/mol. The van der Waals surface area contributed by atoms with Crippen molar-refractivity contribution >= 4 is 16.7 Å².